The highest BCUT2D eigenvalue weighted by Crippen LogP contribution is 2.39. The minimum absolute atomic E-state index is 0.445. The van der Waals surface area contributed by atoms with Gasteiger partial charge >= 0.3 is 0 Å². The summed E-state index contributed by atoms with van der Waals surface area (Å²) in [5.41, 5.74) is 2.83. The Bertz CT molecular complexity index is 934. The lowest BCUT2D eigenvalue weighted by molar-refractivity contribution is 1.10. The lowest BCUT2D eigenvalue weighted by Crippen LogP contribution is -1.84. The predicted molar refractivity (Wildman–Crippen MR) is 91.2 cm³/mol. The molecule has 23 heavy (non-hydrogen) atoms. The minimum atomic E-state index is 0.445. The zero-order valence-corrected chi connectivity index (χ0v) is 13.3. The van der Waals surface area contributed by atoms with Gasteiger partial charge in [0, 0.05) is 17.3 Å². The largest absolute Gasteiger partial charge is 0.259 e. The third kappa shape index (κ3) is 2.74. The Kier molecular flexibility index (Phi) is 3.61. The van der Waals surface area contributed by atoms with Crippen LogP contribution >= 0.6 is 22.9 Å². The number of hydrogen-bond donors (Lipinski definition) is 1. The minimum Gasteiger partial charge on any atom is -0.259 e. The van der Waals surface area contributed by atoms with Gasteiger partial charge in [0.25, 0.3) is 0 Å². The van der Waals surface area contributed by atoms with Gasteiger partial charge in [-0.15, -0.1) is 11.3 Å². The SMILES string of the molecule is Clc1cc(-c2nc(-c3ccccc3)c(-c3ncn[nH]3)s2)ccn1. The summed E-state index contributed by atoms with van der Waals surface area (Å²) >= 11 is 7.54. The molecule has 0 fully saturated rings. The first-order chi connectivity index (χ1) is 11.3. The van der Waals surface area contributed by atoms with Crippen LogP contribution in [-0.4, -0.2) is 25.1 Å². The van der Waals surface area contributed by atoms with E-state index in [2.05, 4.69) is 20.2 Å². The van der Waals surface area contributed by atoms with Crippen molar-refractivity contribution in [3.8, 4) is 32.5 Å². The van der Waals surface area contributed by atoms with E-state index < -0.39 is 0 Å². The number of pyridine rings is 1. The van der Waals surface area contributed by atoms with Gasteiger partial charge in [0.1, 0.15) is 16.5 Å². The van der Waals surface area contributed by atoms with E-state index >= 15 is 0 Å². The van der Waals surface area contributed by atoms with Gasteiger partial charge in [0.15, 0.2) is 5.82 Å². The normalized spacial score (nSPS) is 10.8. The van der Waals surface area contributed by atoms with Crippen molar-refractivity contribution in [1.29, 1.82) is 0 Å². The number of nitrogens with one attached hydrogen (secondary N) is 1. The van der Waals surface area contributed by atoms with Crippen molar-refractivity contribution in [2.24, 2.45) is 0 Å². The van der Waals surface area contributed by atoms with Crippen LogP contribution in [0.25, 0.3) is 32.5 Å². The van der Waals surface area contributed by atoms with E-state index in [1.807, 2.05) is 36.4 Å². The molecule has 0 saturated heterocycles. The highest BCUT2D eigenvalue weighted by atomic mass is 35.5. The molecular formula is C16H10ClN5S. The van der Waals surface area contributed by atoms with Crippen LogP contribution in [-0.2, 0) is 0 Å². The second-order valence-corrected chi connectivity index (χ2v) is 6.15. The number of benzene rings is 1. The molecule has 0 unspecified atom stereocenters. The fourth-order valence-corrected chi connectivity index (χ4v) is 3.45. The van der Waals surface area contributed by atoms with Gasteiger partial charge in [0.2, 0.25) is 0 Å². The van der Waals surface area contributed by atoms with Gasteiger partial charge in [-0.25, -0.2) is 15.0 Å². The predicted octanol–water partition coefficient (Wildman–Crippen LogP) is 4.31. The zero-order chi connectivity index (χ0) is 15.6. The number of rotatable bonds is 3. The molecule has 1 aromatic carbocycles. The molecule has 3 aromatic heterocycles. The van der Waals surface area contributed by atoms with Crippen molar-refractivity contribution in [3.05, 3.63) is 60.1 Å². The lowest BCUT2D eigenvalue weighted by Gasteiger charge is -1.99. The molecule has 0 aliphatic carbocycles. The number of aromatic amines is 1. The molecule has 3 heterocycles. The quantitative estimate of drug-likeness (QED) is 0.565. The van der Waals surface area contributed by atoms with Crippen molar-refractivity contribution in [3.63, 3.8) is 0 Å². The molecule has 4 rings (SSSR count). The van der Waals surface area contributed by atoms with E-state index in [1.54, 1.807) is 23.6 Å². The zero-order valence-electron chi connectivity index (χ0n) is 11.8. The summed E-state index contributed by atoms with van der Waals surface area (Å²) in [6.45, 7) is 0. The number of hydrogen-bond acceptors (Lipinski definition) is 5. The Hall–Kier alpha value is -2.57. The Morgan fingerprint density at radius 2 is 1.87 bits per heavy atom. The maximum Gasteiger partial charge on any atom is 0.167 e. The Morgan fingerprint density at radius 3 is 2.61 bits per heavy atom. The molecule has 112 valence electrons. The number of H-pyrrole nitrogens is 1. The summed E-state index contributed by atoms with van der Waals surface area (Å²) in [7, 11) is 0. The molecule has 0 aliphatic heterocycles. The van der Waals surface area contributed by atoms with Crippen LogP contribution in [0, 0.1) is 0 Å². The van der Waals surface area contributed by atoms with Gasteiger partial charge < -0.3 is 0 Å². The average molecular weight is 340 g/mol. The highest BCUT2D eigenvalue weighted by Gasteiger charge is 2.18. The van der Waals surface area contributed by atoms with Crippen LogP contribution in [0.1, 0.15) is 0 Å². The van der Waals surface area contributed by atoms with Gasteiger partial charge in [-0.1, -0.05) is 41.9 Å². The third-order valence-corrected chi connectivity index (χ3v) is 4.60. The van der Waals surface area contributed by atoms with Gasteiger partial charge in [-0.05, 0) is 12.1 Å². The molecule has 7 heteroatoms. The lowest BCUT2D eigenvalue weighted by atomic mass is 10.1. The fraction of sp³-hybridized carbons (Fsp3) is 0. The summed E-state index contributed by atoms with van der Waals surface area (Å²) < 4.78 is 0. The molecule has 0 bridgehead atoms. The standard InChI is InChI=1S/C16H10ClN5S/c17-12-8-11(6-7-18-12)16-21-13(10-4-2-1-3-5-10)14(23-16)15-19-9-20-22-15/h1-9H,(H,19,20,22). The smallest absolute Gasteiger partial charge is 0.167 e. The average Bonchev–Trinajstić information content (AvgIpc) is 3.25. The Balaban J connectivity index is 1.91. The molecule has 0 radical (unpaired) electrons. The van der Waals surface area contributed by atoms with E-state index in [-0.39, 0.29) is 0 Å². The van der Waals surface area contributed by atoms with Crippen molar-refractivity contribution in [2.75, 3.05) is 0 Å². The van der Waals surface area contributed by atoms with Gasteiger partial charge in [0.05, 0.1) is 10.6 Å². The summed E-state index contributed by atoms with van der Waals surface area (Å²) in [5.74, 6) is 0.702. The van der Waals surface area contributed by atoms with Crippen LogP contribution in [0.5, 0.6) is 0 Å². The number of aromatic nitrogens is 5. The van der Waals surface area contributed by atoms with Crippen LogP contribution in [0.2, 0.25) is 5.15 Å². The van der Waals surface area contributed by atoms with E-state index in [0.29, 0.717) is 11.0 Å². The third-order valence-electron chi connectivity index (χ3n) is 3.28. The van der Waals surface area contributed by atoms with E-state index in [9.17, 15) is 0 Å². The van der Waals surface area contributed by atoms with E-state index in [0.717, 1.165) is 26.7 Å². The van der Waals surface area contributed by atoms with Crippen molar-refractivity contribution >= 4 is 22.9 Å². The molecule has 5 nitrogen and oxygen atoms in total. The van der Waals surface area contributed by atoms with Crippen LogP contribution < -0.4 is 0 Å². The molecular weight excluding hydrogens is 330 g/mol. The van der Waals surface area contributed by atoms with Gasteiger partial charge in [-0.2, -0.15) is 5.10 Å². The highest BCUT2D eigenvalue weighted by molar-refractivity contribution is 7.18. The molecule has 0 amide bonds. The molecule has 0 atom stereocenters. The molecule has 4 aromatic rings. The molecule has 0 spiro atoms. The first-order valence-corrected chi connectivity index (χ1v) is 8.04. The van der Waals surface area contributed by atoms with Gasteiger partial charge in [-0.3, -0.25) is 5.10 Å². The van der Waals surface area contributed by atoms with E-state index in [4.69, 9.17) is 16.6 Å². The van der Waals surface area contributed by atoms with Crippen molar-refractivity contribution in [1.82, 2.24) is 25.1 Å². The summed E-state index contributed by atoms with van der Waals surface area (Å²) in [6.07, 6.45) is 3.17. The first-order valence-electron chi connectivity index (χ1n) is 6.85. The van der Waals surface area contributed by atoms with Crippen LogP contribution in [0.15, 0.2) is 55.0 Å². The second kappa shape index (κ2) is 5.91. The maximum absolute atomic E-state index is 6.00. The first kappa shape index (κ1) is 14.0. The fourth-order valence-electron chi connectivity index (χ4n) is 2.25. The monoisotopic (exact) mass is 339 g/mol. The van der Waals surface area contributed by atoms with Crippen molar-refractivity contribution < 1.29 is 0 Å². The molecule has 0 aliphatic rings. The van der Waals surface area contributed by atoms with Crippen molar-refractivity contribution in [2.45, 2.75) is 0 Å². The van der Waals surface area contributed by atoms with Crippen LogP contribution in [0.4, 0.5) is 0 Å². The summed E-state index contributed by atoms with van der Waals surface area (Å²) in [6, 6.07) is 13.7. The maximum atomic E-state index is 6.00. The Morgan fingerprint density at radius 1 is 1.00 bits per heavy atom. The summed E-state index contributed by atoms with van der Waals surface area (Å²) in [4.78, 5) is 14.0. The summed E-state index contributed by atoms with van der Waals surface area (Å²) in [5, 5.41) is 8.16. The second-order valence-electron chi connectivity index (χ2n) is 4.76. The number of thiazole rings is 1. The topological polar surface area (TPSA) is 67.3 Å². The molecule has 1 N–H and O–H groups in total. The number of halogens is 1. The van der Waals surface area contributed by atoms with Crippen LogP contribution in [0.3, 0.4) is 0 Å². The number of nitrogens with zero attached hydrogens (tertiary/aromatic N) is 4. The Labute approximate surface area is 141 Å². The van der Waals surface area contributed by atoms with E-state index in [1.165, 1.54) is 6.33 Å². The molecule has 0 saturated carbocycles.